The van der Waals surface area contributed by atoms with Crippen molar-refractivity contribution in [3.05, 3.63) is 56.3 Å². The highest BCUT2D eigenvalue weighted by molar-refractivity contribution is 9.11. The van der Waals surface area contributed by atoms with Gasteiger partial charge in [-0.25, -0.2) is 0 Å². The van der Waals surface area contributed by atoms with Crippen LogP contribution in [0.1, 0.15) is 22.2 Å². The molecule has 0 saturated heterocycles. The van der Waals surface area contributed by atoms with Crippen LogP contribution in [-0.2, 0) is 16.0 Å². The van der Waals surface area contributed by atoms with E-state index in [0.717, 1.165) is 15.0 Å². The number of aromatic amines is 1. The zero-order valence-electron chi connectivity index (χ0n) is 12.4. The summed E-state index contributed by atoms with van der Waals surface area (Å²) in [6.45, 7) is 0. The van der Waals surface area contributed by atoms with Gasteiger partial charge in [0.1, 0.15) is 6.04 Å². The Morgan fingerprint density at radius 1 is 1.30 bits per heavy atom. The predicted molar refractivity (Wildman–Crippen MR) is 94.8 cm³/mol. The van der Waals surface area contributed by atoms with Crippen LogP contribution in [0.3, 0.4) is 0 Å². The van der Waals surface area contributed by atoms with E-state index in [9.17, 15) is 4.79 Å². The van der Waals surface area contributed by atoms with Gasteiger partial charge in [-0.3, -0.25) is 10.1 Å². The number of methoxy groups -OCH3 is 1. The van der Waals surface area contributed by atoms with Crippen LogP contribution in [-0.4, -0.2) is 24.1 Å². The maximum Gasteiger partial charge on any atom is 0.323 e. The lowest BCUT2D eigenvalue weighted by Gasteiger charge is -2.29. The molecule has 2 N–H and O–H groups in total. The highest BCUT2D eigenvalue weighted by Crippen LogP contribution is 2.38. The number of esters is 1. The molecule has 0 spiro atoms. The standard InChI is InChI=1S/C17H15BrN2O2S/c1-22-17(21)12-8-10-9-4-2-3-5-11(9)19-15(10)16(20-12)13-6-7-14(18)23-13/h2-7,12,16,19-20H,8H2,1H3/t12-,16-/m0/s1. The third kappa shape index (κ3) is 2.51. The first-order valence-corrected chi connectivity index (χ1v) is 8.97. The minimum Gasteiger partial charge on any atom is -0.468 e. The van der Waals surface area contributed by atoms with Crippen LogP contribution >= 0.6 is 27.3 Å². The topological polar surface area (TPSA) is 54.1 Å². The van der Waals surface area contributed by atoms with Gasteiger partial charge in [0, 0.05) is 27.9 Å². The highest BCUT2D eigenvalue weighted by Gasteiger charge is 2.34. The summed E-state index contributed by atoms with van der Waals surface area (Å²) in [6.07, 6.45) is 0.634. The number of thiophene rings is 1. The lowest BCUT2D eigenvalue weighted by atomic mass is 9.93. The summed E-state index contributed by atoms with van der Waals surface area (Å²) in [7, 11) is 1.44. The molecular weight excluding hydrogens is 376 g/mol. The molecule has 2 atom stereocenters. The number of benzene rings is 1. The molecule has 0 saturated carbocycles. The molecule has 23 heavy (non-hydrogen) atoms. The monoisotopic (exact) mass is 390 g/mol. The number of para-hydroxylation sites is 1. The quantitative estimate of drug-likeness (QED) is 0.654. The second-order valence-electron chi connectivity index (χ2n) is 5.58. The van der Waals surface area contributed by atoms with Crippen molar-refractivity contribution in [2.75, 3.05) is 7.11 Å². The number of halogens is 1. The fraction of sp³-hybridized carbons (Fsp3) is 0.235. The van der Waals surface area contributed by atoms with Crippen LogP contribution in [0.15, 0.2) is 40.2 Å². The van der Waals surface area contributed by atoms with Crippen molar-refractivity contribution >= 4 is 44.1 Å². The van der Waals surface area contributed by atoms with Crippen LogP contribution in [0.2, 0.25) is 0 Å². The van der Waals surface area contributed by atoms with E-state index >= 15 is 0 Å². The molecule has 1 aliphatic heterocycles. The van der Waals surface area contributed by atoms with Gasteiger partial charge < -0.3 is 9.72 Å². The number of rotatable bonds is 2. The van der Waals surface area contributed by atoms with Gasteiger partial charge >= 0.3 is 5.97 Å². The van der Waals surface area contributed by atoms with Crippen molar-refractivity contribution < 1.29 is 9.53 Å². The molecule has 0 radical (unpaired) electrons. The van der Waals surface area contributed by atoms with Crippen molar-refractivity contribution in [2.45, 2.75) is 18.5 Å². The normalized spacial score (nSPS) is 20.4. The van der Waals surface area contributed by atoms with Crippen molar-refractivity contribution in [1.82, 2.24) is 10.3 Å². The molecule has 4 nitrogen and oxygen atoms in total. The number of ether oxygens (including phenoxy) is 1. The molecule has 0 aliphatic carbocycles. The molecule has 1 aromatic carbocycles. The molecule has 118 valence electrons. The Hall–Kier alpha value is -1.63. The first-order valence-electron chi connectivity index (χ1n) is 7.36. The van der Waals surface area contributed by atoms with Gasteiger partial charge in [-0.05, 0) is 39.7 Å². The lowest BCUT2D eigenvalue weighted by Crippen LogP contribution is -2.45. The van der Waals surface area contributed by atoms with Gasteiger partial charge in [0.15, 0.2) is 0 Å². The summed E-state index contributed by atoms with van der Waals surface area (Å²) in [5.74, 6) is -0.221. The molecule has 0 unspecified atom stereocenters. The summed E-state index contributed by atoms with van der Waals surface area (Å²) < 4.78 is 6.04. The van der Waals surface area contributed by atoms with Gasteiger partial charge in [0.05, 0.1) is 16.9 Å². The number of nitrogens with one attached hydrogen (secondary N) is 2. The molecule has 1 aliphatic rings. The zero-order chi connectivity index (χ0) is 16.0. The van der Waals surface area contributed by atoms with Crippen LogP contribution in [0.25, 0.3) is 10.9 Å². The molecule has 2 aromatic heterocycles. The highest BCUT2D eigenvalue weighted by atomic mass is 79.9. The first kappa shape index (κ1) is 14.9. The Bertz CT molecular complexity index is 886. The van der Waals surface area contributed by atoms with Crippen molar-refractivity contribution in [3.63, 3.8) is 0 Å². The summed E-state index contributed by atoms with van der Waals surface area (Å²) in [4.78, 5) is 16.8. The number of aromatic nitrogens is 1. The molecule has 3 heterocycles. The smallest absolute Gasteiger partial charge is 0.323 e. The minimum atomic E-state index is -0.336. The van der Waals surface area contributed by atoms with E-state index in [1.165, 1.54) is 22.9 Å². The largest absolute Gasteiger partial charge is 0.468 e. The first-order chi connectivity index (χ1) is 11.2. The predicted octanol–water partition coefficient (Wildman–Crippen LogP) is 3.77. The molecule has 0 fully saturated rings. The number of hydrogen-bond donors (Lipinski definition) is 2. The van der Waals surface area contributed by atoms with Gasteiger partial charge in [-0.1, -0.05) is 18.2 Å². The van der Waals surface area contributed by atoms with Gasteiger partial charge in [-0.15, -0.1) is 11.3 Å². The van der Waals surface area contributed by atoms with Crippen LogP contribution in [0.4, 0.5) is 0 Å². The van der Waals surface area contributed by atoms with Crippen LogP contribution in [0, 0.1) is 0 Å². The second kappa shape index (κ2) is 5.78. The fourth-order valence-corrected chi connectivity index (χ4v) is 4.73. The van der Waals surface area contributed by atoms with E-state index in [2.05, 4.69) is 44.4 Å². The third-order valence-electron chi connectivity index (χ3n) is 4.28. The zero-order valence-corrected chi connectivity index (χ0v) is 14.8. The maximum atomic E-state index is 12.1. The van der Waals surface area contributed by atoms with Crippen molar-refractivity contribution in [3.8, 4) is 0 Å². The van der Waals surface area contributed by atoms with E-state index in [0.29, 0.717) is 6.42 Å². The number of H-pyrrole nitrogens is 1. The van der Waals surface area contributed by atoms with E-state index < -0.39 is 0 Å². The van der Waals surface area contributed by atoms with Crippen LogP contribution < -0.4 is 5.32 Å². The van der Waals surface area contributed by atoms with E-state index in [1.807, 2.05) is 18.2 Å². The van der Waals surface area contributed by atoms with E-state index in [-0.39, 0.29) is 18.1 Å². The average Bonchev–Trinajstić information content (AvgIpc) is 3.16. The van der Waals surface area contributed by atoms with Crippen molar-refractivity contribution in [1.29, 1.82) is 0 Å². The second-order valence-corrected chi connectivity index (χ2v) is 8.08. The number of carbonyl (C=O) groups excluding carboxylic acids is 1. The molecule has 6 heteroatoms. The van der Waals surface area contributed by atoms with E-state index in [1.54, 1.807) is 11.3 Å². The Kier molecular flexibility index (Phi) is 3.75. The Balaban J connectivity index is 1.87. The minimum absolute atomic E-state index is 0.0356. The Morgan fingerprint density at radius 2 is 2.13 bits per heavy atom. The summed E-state index contributed by atoms with van der Waals surface area (Å²) in [5, 5.41) is 4.61. The van der Waals surface area contributed by atoms with Crippen molar-refractivity contribution in [2.24, 2.45) is 0 Å². The lowest BCUT2D eigenvalue weighted by molar-refractivity contribution is -0.143. The number of carbonyl (C=O) groups is 1. The summed E-state index contributed by atoms with van der Waals surface area (Å²) >= 11 is 5.19. The Morgan fingerprint density at radius 3 is 2.87 bits per heavy atom. The molecular formula is C17H15BrN2O2S. The van der Waals surface area contributed by atoms with Gasteiger partial charge in [0.25, 0.3) is 0 Å². The van der Waals surface area contributed by atoms with Gasteiger partial charge in [0.2, 0.25) is 0 Å². The van der Waals surface area contributed by atoms with E-state index in [4.69, 9.17) is 4.74 Å². The molecule has 4 rings (SSSR count). The molecule has 0 amide bonds. The summed E-state index contributed by atoms with van der Waals surface area (Å²) in [6, 6.07) is 12.0. The fourth-order valence-electron chi connectivity index (χ4n) is 3.24. The Labute approximate surface area is 146 Å². The number of hydrogen-bond acceptors (Lipinski definition) is 4. The maximum absolute atomic E-state index is 12.1. The average molecular weight is 391 g/mol. The van der Waals surface area contributed by atoms with Gasteiger partial charge in [-0.2, -0.15) is 0 Å². The third-order valence-corrected chi connectivity index (χ3v) is 5.96. The van der Waals surface area contributed by atoms with Crippen LogP contribution in [0.5, 0.6) is 0 Å². The summed E-state index contributed by atoms with van der Waals surface area (Å²) in [5.41, 5.74) is 3.44. The SMILES string of the molecule is COC(=O)[C@@H]1Cc2c([nH]c3ccccc23)[C@H](c2ccc(Br)s2)N1. The molecule has 0 bridgehead atoms. The number of fused-ring (bicyclic) bond motifs is 3. The molecule has 3 aromatic rings.